The Balaban J connectivity index is 1.38. The Morgan fingerprint density at radius 1 is 1.13 bits per heavy atom. The highest BCUT2D eigenvalue weighted by atomic mass is 16.3. The lowest BCUT2D eigenvalue weighted by Gasteiger charge is -2.33. The van der Waals surface area contributed by atoms with Crippen LogP contribution >= 0.6 is 0 Å². The molecule has 0 saturated carbocycles. The Bertz CT molecular complexity index is 654. The van der Waals surface area contributed by atoms with Gasteiger partial charge < -0.3 is 4.42 Å². The van der Waals surface area contributed by atoms with Crippen LogP contribution < -0.4 is 0 Å². The van der Waals surface area contributed by atoms with Crippen molar-refractivity contribution in [3.63, 3.8) is 0 Å². The molecule has 2 fully saturated rings. The molecule has 2 aliphatic rings. The van der Waals surface area contributed by atoms with E-state index in [4.69, 9.17) is 4.42 Å². The van der Waals surface area contributed by atoms with E-state index >= 15 is 0 Å². The van der Waals surface area contributed by atoms with Crippen molar-refractivity contribution in [1.82, 2.24) is 19.8 Å². The minimum atomic E-state index is 0.396. The van der Waals surface area contributed by atoms with Crippen LogP contribution in [0.25, 0.3) is 0 Å². The number of pyridine rings is 1. The first-order valence-electron chi connectivity index (χ1n) is 8.51. The molecule has 2 bridgehead atoms. The summed E-state index contributed by atoms with van der Waals surface area (Å²) < 4.78 is 5.56. The maximum absolute atomic E-state index is 5.56. The maximum atomic E-state index is 5.56. The second-order valence-electron chi connectivity index (χ2n) is 7.04. The number of likely N-dealkylation sites (tertiary alicyclic amines) is 2. The van der Waals surface area contributed by atoms with Crippen LogP contribution in [0.1, 0.15) is 43.3 Å². The molecule has 0 aliphatic carbocycles. The lowest BCUT2D eigenvalue weighted by molar-refractivity contribution is 0.115. The molecule has 2 atom stereocenters. The molecule has 5 heteroatoms. The number of aromatic nitrogens is 2. The maximum Gasteiger partial charge on any atom is 0.181 e. The lowest BCUT2D eigenvalue weighted by Crippen LogP contribution is -2.45. The Hall–Kier alpha value is -1.72. The van der Waals surface area contributed by atoms with E-state index in [0.717, 1.165) is 37.6 Å². The summed E-state index contributed by atoms with van der Waals surface area (Å²) in [5.74, 6) is 1.44. The van der Waals surface area contributed by atoms with Crippen LogP contribution in [0.2, 0.25) is 0 Å². The van der Waals surface area contributed by atoms with Gasteiger partial charge in [-0.15, -0.1) is 0 Å². The minimum Gasteiger partial charge on any atom is -0.448 e. The molecule has 0 spiro atoms. The van der Waals surface area contributed by atoms with Gasteiger partial charge in [0.05, 0.1) is 11.4 Å². The van der Waals surface area contributed by atoms with E-state index < -0.39 is 0 Å². The first-order valence-corrected chi connectivity index (χ1v) is 8.51. The van der Waals surface area contributed by atoms with Gasteiger partial charge in [0.2, 0.25) is 0 Å². The van der Waals surface area contributed by atoms with Crippen molar-refractivity contribution >= 4 is 0 Å². The normalized spacial score (nSPS) is 24.8. The van der Waals surface area contributed by atoms with Crippen LogP contribution in [0.3, 0.4) is 0 Å². The third-order valence-electron chi connectivity index (χ3n) is 5.11. The summed E-state index contributed by atoms with van der Waals surface area (Å²) in [6, 6.07) is 7.46. The van der Waals surface area contributed by atoms with Crippen molar-refractivity contribution in [3.8, 4) is 0 Å². The van der Waals surface area contributed by atoms with Gasteiger partial charge in [-0.2, -0.15) is 0 Å². The number of oxazole rings is 1. The number of rotatable bonds is 5. The highest BCUT2D eigenvalue weighted by Gasteiger charge is 2.43. The summed E-state index contributed by atoms with van der Waals surface area (Å²) in [6.07, 6.45) is 4.74. The largest absolute Gasteiger partial charge is 0.448 e. The number of nitrogens with zero attached hydrogens (tertiary/aromatic N) is 4. The standard InChI is InChI=1S/C18H24N4O/c1-13(2)18-17(20-12-23-18)11-22-10-15-7-16(22)9-21(15)8-14-5-3-4-6-19-14/h3-6,12-13,15-16H,7-11H2,1-2H3. The molecule has 2 aliphatic heterocycles. The molecule has 23 heavy (non-hydrogen) atoms. The van der Waals surface area contributed by atoms with E-state index in [-0.39, 0.29) is 0 Å². The van der Waals surface area contributed by atoms with Gasteiger partial charge in [-0.05, 0) is 18.6 Å². The van der Waals surface area contributed by atoms with Gasteiger partial charge in [-0.3, -0.25) is 14.8 Å². The van der Waals surface area contributed by atoms with Crippen molar-refractivity contribution in [3.05, 3.63) is 47.9 Å². The highest BCUT2D eigenvalue weighted by molar-refractivity contribution is 5.13. The quantitative estimate of drug-likeness (QED) is 0.849. The van der Waals surface area contributed by atoms with Gasteiger partial charge in [0.15, 0.2) is 6.39 Å². The van der Waals surface area contributed by atoms with Crippen molar-refractivity contribution < 1.29 is 4.42 Å². The van der Waals surface area contributed by atoms with Crippen LogP contribution in [0.5, 0.6) is 0 Å². The Morgan fingerprint density at radius 3 is 2.57 bits per heavy atom. The highest BCUT2D eigenvalue weighted by Crippen LogP contribution is 2.33. The predicted molar refractivity (Wildman–Crippen MR) is 87.8 cm³/mol. The second-order valence-corrected chi connectivity index (χ2v) is 7.04. The zero-order valence-electron chi connectivity index (χ0n) is 13.9. The van der Waals surface area contributed by atoms with E-state index in [1.165, 1.54) is 12.1 Å². The zero-order valence-corrected chi connectivity index (χ0v) is 13.9. The van der Waals surface area contributed by atoms with Gasteiger partial charge in [-0.1, -0.05) is 19.9 Å². The smallest absolute Gasteiger partial charge is 0.181 e. The number of hydrogen-bond donors (Lipinski definition) is 0. The first-order chi connectivity index (χ1) is 11.2. The fraction of sp³-hybridized carbons (Fsp3) is 0.556. The predicted octanol–water partition coefficient (Wildman–Crippen LogP) is 2.65. The van der Waals surface area contributed by atoms with Crippen molar-refractivity contribution in [2.45, 2.75) is 51.4 Å². The van der Waals surface area contributed by atoms with Crippen molar-refractivity contribution in [1.29, 1.82) is 0 Å². The third-order valence-corrected chi connectivity index (χ3v) is 5.11. The monoisotopic (exact) mass is 312 g/mol. The van der Waals surface area contributed by atoms with Gasteiger partial charge in [0, 0.05) is 50.4 Å². The fourth-order valence-electron chi connectivity index (χ4n) is 3.98. The zero-order chi connectivity index (χ0) is 15.8. The van der Waals surface area contributed by atoms with Crippen LogP contribution in [0, 0.1) is 0 Å². The third kappa shape index (κ3) is 2.91. The van der Waals surface area contributed by atoms with Gasteiger partial charge >= 0.3 is 0 Å². The molecule has 5 nitrogen and oxygen atoms in total. The van der Waals surface area contributed by atoms with E-state index in [2.05, 4.69) is 45.7 Å². The van der Waals surface area contributed by atoms with Crippen LogP contribution in [-0.2, 0) is 13.1 Å². The summed E-state index contributed by atoms with van der Waals surface area (Å²) in [5.41, 5.74) is 2.29. The summed E-state index contributed by atoms with van der Waals surface area (Å²) >= 11 is 0. The molecule has 2 aromatic heterocycles. The summed E-state index contributed by atoms with van der Waals surface area (Å²) in [5, 5.41) is 0. The van der Waals surface area contributed by atoms with E-state index in [9.17, 15) is 0 Å². The topological polar surface area (TPSA) is 45.4 Å². The SMILES string of the molecule is CC(C)c1ocnc1CN1CC2CC1CN2Cc1ccccn1. The van der Waals surface area contributed by atoms with E-state index in [0.29, 0.717) is 18.0 Å². The van der Waals surface area contributed by atoms with Crippen LogP contribution in [0.15, 0.2) is 35.2 Å². The Kier molecular flexibility index (Phi) is 3.91. The fourth-order valence-corrected chi connectivity index (χ4v) is 3.98. The molecular weight excluding hydrogens is 288 g/mol. The lowest BCUT2D eigenvalue weighted by atomic mass is 10.1. The second kappa shape index (κ2) is 6.06. The number of hydrogen-bond acceptors (Lipinski definition) is 5. The molecule has 122 valence electrons. The van der Waals surface area contributed by atoms with Crippen LogP contribution in [-0.4, -0.2) is 44.9 Å². The molecule has 0 aromatic carbocycles. The van der Waals surface area contributed by atoms with Gasteiger partial charge in [-0.25, -0.2) is 4.98 Å². The molecule has 4 heterocycles. The molecule has 2 aromatic rings. The van der Waals surface area contributed by atoms with Crippen molar-refractivity contribution in [2.75, 3.05) is 13.1 Å². The van der Waals surface area contributed by atoms with Crippen molar-refractivity contribution in [2.24, 2.45) is 0 Å². The first kappa shape index (κ1) is 14.8. The molecule has 0 amide bonds. The molecular formula is C18H24N4O. The average molecular weight is 312 g/mol. The summed E-state index contributed by atoms with van der Waals surface area (Å²) in [4.78, 5) is 14.1. The van der Waals surface area contributed by atoms with Crippen LogP contribution in [0.4, 0.5) is 0 Å². The molecule has 4 rings (SSSR count). The number of fused-ring (bicyclic) bond motifs is 2. The van der Waals surface area contributed by atoms with Gasteiger partial charge in [0.25, 0.3) is 0 Å². The molecule has 0 N–H and O–H groups in total. The molecule has 2 saturated heterocycles. The average Bonchev–Trinajstić information content (AvgIpc) is 3.24. The Labute approximate surface area is 137 Å². The van der Waals surface area contributed by atoms with E-state index in [1.54, 1.807) is 6.39 Å². The Morgan fingerprint density at radius 2 is 1.91 bits per heavy atom. The van der Waals surface area contributed by atoms with Gasteiger partial charge in [0.1, 0.15) is 5.76 Å². The van der Waals surface area contributed by atoms with E-state index in [1.807, 2.05) is 12.3 Å². The molecule has 0 radical (unpaired) electrons. The summed E-state index contributed by atoms with van der Waals surface area (Å²) in [6.45, 7) is 8.47. The molecule has 2 unspecified atom stereocenters. The minimum absolute atomic E-state index is 0.396. The summed E-state index contributed by atoms with van der Waals surface area (Å²) in [7, 11) is 0. The number of piperazine rings is 1.